The number of rotatable bonds is 7. The normalized spacial score (nSPS) is 21.7. The van der Waals surface area contributed by atoms with Gasteiger partial charge < -0.3 is 23.7 Å². The van der Waals surface area contributed by atoms with Gasteiger partial charge in [-0.3, -0.25) is 14.4 Å². The van der Waals surface area contributed by atoms with E-state index < -0.39 is 36.4 Å². The van der Waals surface area contributed by atoms with E-state index in [1.807, 2.05) is 30.3 Å². The molecule has 1 aromatic rings. The molecule has 0 N–H and O–H groups in total. The predicted molar refractivity (Wildman–Crippen MR) is 91.9 cm³/mol. The lowest BCUT2D eigenvalue weighted by atomic mass is 10.1. The van der Waals surface area contributed by atoms with Gasteiger partial charge in [0.2, 0.25) is 6.29 Å². The van der Waals surface area contributed by atoms with Crippen LogP contribution in [0.1, 0.15) is 26.3 Å². The summed E-state index contributed by atoms with van der Waals surface area (Å²) in [5.74, 6) is -1.56. The van der Waals surface area contributed by atoms with Gasteiger partial charge in [0.05, 0.1) is 6.61 Å². The first kappa shape index (κ1) is 20.6. The molecule has 1 aromatic carbocycles. The van der Waals surface area contributed by atoms with Crippen LogP contribution in [-0.4, -0.2) is 43.0 Å². The van der Waals surface area contributed by atoms with Crippen LogP contribution < -0.4 is 0 Å². The number of carbonyl (C=O) groups excluding carboxylic acids is 3. The second kappa shape index (κ2) is 9.84. The highest BCUT2D eigenvalue weighted by molar-refractivity contribution is 5.68. The van der Waals surface area contributed by atoms with Gasteiger partial charge in [0.25, 0.3) is 0 Å². The van der Waals surface area contributed by atoms with Gasteiger partial charge in [-0.15, -0.1) is 0 Å². The summed E-state index contributed by atoms with van der Waals surface area (Å²) < 4.78 is 26.8. The summed E-state index contributed by atoms with van der Waals surface area (Å²) in [4.78, 5) is 33.9. The van der Waals surface area contributed by atoms with Crippen molar-refractivity contribution in [2.45, 2.75) is 45.9 Å². The minimum Gasteiger partial charge on any atom is -0.463 e. The molecule has 0 radical (unpaired) electrons. The van der Waals surface area contributed by atoms with Crippen molar-refractivity contribution < 1.29 is 38.1 Å². The second-order valence-electron chi connectivity index (χ2n) is 5.84. The molecule has 1 aliphatic heterocycles. The Labute approximate surface area is 157 Å². The van der Waals surface area contributed by atoms with Crippen molar-refractivity contribution >= 4 is 17.9 Å². The number of ether oxygens (including phenoxy) is 5. The Balaban J connectivity index is 2.18. The summed E-state index contributed by atoms with van der Waals surface area (Å²) in [5.41, 5.74) is 0.891. The van der Waals surface area contributed by atoms with E-state index >= 15 is 0 Å². The summed E-state index contributed by atoms with van der Waals surface area (Å²) in [5, 5.41) is 0. The Hall–Kier alpha value is -2.71. The predicted octanol–water partition coefficient (Wildman–Crippen LogP) is 1.87. The monoisotopic (exact) mass is 378 g/mol. The Morgan fingerprint density at radius 1 is 1.00 bits per heavy atom. The SMILES string of the molecule is CC(=O)OC[C@H]1O[C@H](OCc2ccccc2)C(OC(C)=O)=C[C@@H]1OC(C)=O. The third kappa shape index (κ3) is 6.84. The molecule has 0 unspecified atom stereocenters. The second-order valence-corrected chi connectivity index (χ2v) is 5.84. The van der Waals surface area contributed by atoms with Crippen LogP contribution in [0.4, 0.5) is 0 Å². The first-order chi connectivity index (χ1) is 12.8. The lowest BCUT2D eigenvalue weighted by Crippen LogP contribution is -2.44. The number of hydrogen-bond donors (Lipinski definition) is 0. The van der Waals surface area contributed by atoms with Crippen LogP contribution in [0, 0.1) is 0 Å². The molecule has 8 heteroatoms. The molecule has 2 rings (SSSR count). The number of esters is 3. The van der Waals surface area contributed by atoms with E-state index in [0.717, 1.165) is 5.56 Å². The van der Waals surface area contributed by atoms with Crippen molar-refractivity contribution in [2.24, 2.45) is 0 Å². The summed E-state index contributed by atoms with van der Waals surface area (Å²) in [7, 11) is 0. The first-order valence-corrected chi connectivity index (χ1v) is 8.37. The zero-order valence-electron chi connectivity index (χ0n) is 15.4. The Morgan fingerprint density at radius 3 is 2.30 bits per heavy atom. The minimum atomic E-state index is -1.03. The largest absolute Gasteiger partial charge is 0.463 e. The zero-order chi connectivity index (χ0) is 19.8. The van der Waals surface area contributed by atoms with Crippen molar-refractivity contribution in [1.82, 2.24) is 0 Å². The minimum absolute atomic E-state index is 0.0729. The molecule has 0 amide bonds. The van der Waals surface area contributed by atoms with Gasteiger partial charge >= 0.3 is 17.9 Å². The van der Waals surface area contributed by atoms with Crippen molar-refractivity contribution in [3.63, 3.8) is 0 Å². The average Bonchev–Trinajstić information content (AvgIpc) is 2.59. The van der Waals surface area contributed by atoms with E-state index in [-0.39, 0.29) is 19.0 Å². The van der Waals surface area contributed by atoms with Gasteiger partial charge in [0.1, 0.15) is 12.7 Å². The molecule has 0 bridgehead atoms. The van der Waals surface area contributed by atoms with E-state index in [4.69, 9.17) is 23.7 Å². The van der Waals surface area contributed by atoms with Crippen LogP contribution in [0.25, 0.3) is 0 Å². The van der Waals surface area contributed by atoms with Gasteiger partial charge in [0, 0.05) is 26.8 Å². The van der Waals surface area contributed by atoms with E-state index in [0.29, 0.717) is 0 Å². The molecule has 8 nitrogen and oxygen atoms in total. The highest BCUT2D eigenvalue weighted by Crippen LogP contribution is 2.25. The Kier molecular flexibility index (Phi) is 7.51. The molecule has 0 spiro atoms. The van der Waals surface area contributed by atoms with Crippen molar-refractivity contribution in [2.75, 3.05) is 6.61 Å². The molecular formula is C19H22O8. The Bertz CT molecular complexity index is 697. The van der Waals surface area contributed by atoms with E-state index in [1.165, 1.54) is 26.8 Å². The molecule has 0 saturated heterocycles. The fraction of sp³-hybridized carbons (Fsp3) is 0.421. The van der Waals surface area contributed by atoms with E-state index in [2.05, 4.69) is 0 Å². The third-order valence-electron chi connectivity index (χ3n) is 3.48. The highest BCUT2D eigenvalue weighted by Gasteiger charge is 2.37. The molecule has 0 saturated carbocycles. The molecule has 0 aromatic heterocycles. The smallest absolute Gasteiger partial charge is 0.307 e. The topological polar surface area (TPSA) is 97.4 Å². The maximum atomic E-state index is 11.4. The van der Waals surface area contributed by atoms with Crippen LogP contribution in [0.3, 0.4) is 0 Å². The van der Waals surface area contributed by atoms with Crippen LogP contribution in [0.2, 0.25) is 0 Å². The van der Waals surface area contributed by atoms with Crippen molar-refractivity contribution in [3.05, 3.63) is 47.7 Å². The van der Waals surface area contributed by atoms with Gasteiger partial charge in [0.15, 0.2) is 11.9 Å². The van der Waals surface area contributed by atoms with Gasteiger partial charge in [-0.1, -0.05) is 30.3 Å². The summed E-state index contributed by atoms with van der Waals surface area (Å²) in [6, 6.07) is 9.35. The first-order valence-electron chi connectivity index (χ1n) is 8.37. The standard InChI is InChI=1S/C19H22O8/c1-12(20)23-11-18-16(25-13(2)21)9-17(26-14(3)22)19(27-18)24-10-15-7-5-4-6-8-15/h4-9,16,18-19H,10-11H2,1-3H3/t16-,18+,19-/m0/s1. The number of carbonyl (C=O) groups is 3. The fourth-order valence-corrected chi connectivity index (χ4v) is 2.40. The van der Waals surface area contributed by atoms with Crippen LogP contribution in [0.15, 0.2) is 42.2 Å². The van der Waals surface area contributed by atoms with Gasteiger partial charge in [-0.25, -0.2) is 0 Å². The highest BCUT2D eigenvalue weighted by atomic mass is 16.7. The maximum Gasteiger partial charge on any atom is 0.307 e. The van der Waals surface area contributed by atoms with E-state index in [1.54, 1.807) is 0 Å². The molecule has 146 valence electrons. The molecule has 27 heavy (non-hydrogen) atoms. The van der Waals surface area contributed by atoms with Crippen LogP contribution in [0.5, 0.6) is 0 Å². The lowest BCUT2D eigenvalue weighted by molar-refractivity contribution is -0.218. The summed E-state index contributed by atoms with van der Waals surface area (Å²) in [6.45, 7) is 3.78. The van der Waals surface area contributed by atoms with Gasteiger partial charge in [-0.05, 0) is 5.56 Å². The average molecular weight is 378 g/mol. The Morgan fingerprint density at radius 2 is 1.70 bits per heavy atom. The zero-order valence-corrected chi connectivity index (χ0v) is 15.4. The molecule has 1 heterocycles. The molecule has 1 aliphatic rings. The van der Waals surface area contributed by atoms with Crippen molar-refractivity contribution in [1.29, 1.82) is 0 Å². The third-order valence-corrected chi connectivity index (χ3v) is 3.48. The van der Waals surface area contributed by atoms with Crippen LogP contribution >= 0.6 is 0 Å². The van der Waals surface area contributed by atoms with Gasteiger partial charge in [-0.2, -0.15) is 0 Å². The lowest BCUT2D eigenvalue weighted by Gasteiger charge is -2.33. The molecule has 3 atom stereocenters. The van der Waals surface area contributed by atoms with Crippen LogP contribution in [-0.2, 0) is 44.7 Å². The molecule has 0 fully saturated rings. The van der Waals surface area contributed by atoms with Crippen molar-refractivity contribution in [3.8, 4) is 0 Å². The van der Waals surface area contributed by atoms with E-state index in [9.17, 15) is 14.4 Å². The number of hydrogen-bond acceptors (Lipinski definition) is 8. The molecular weight excluding hydrogens is 356 g/mol. The fourth-order valence-electron chi connectivity index (χ4n) is 2.40. The summed E-state index contributed by atoms with van der Waals surface area (Å²) in [6.07, 6.45) is -1.30. The summed E-state index contributed by atoms with van der Waals surface area (Å²) >= 11 is 0. The maximum absolute atomic E-state index is 11.4. The molecule has 0 aliphatic carbocycles. The number of benzene rings is 1. The quantitative estimate of drug-likeness (QED) is 0.524.